The molecule has 0 unspecified atom stereocenters. The van der Waals surface area contributed by atoms with Crippen molar-refractivity contribution in [1.29, 1.82) is 0 Å². The number of aromatic nitrogens is 6. The number of rotatable bonds is 6. The van der Waals surface area contributed by atoms with Crippen molar-refractivity contribution in [3.8, 4) is 17.1 Å². The summed E-state index contributed by atoms with van der Waals surface area (Å²) in [7, 11) is 1.78. The molecule has 2 aromatic heterocycles. The summed E-state index contributed by atoms with van der Waals surface area (Å²) in [6.45, 7) is 0. The Labute approximate surface area is 184 Å². The van der Waals surface area contributed by atoms with Crippen LogP contribution in [0.4, 0.5) is 5.69 Å². The second-order valence-electron chi connectivity index (χ2n) is 7.44. The summed E-state index contributed by atoms with van der Waals surface area (Å²) in [6.07, 6.45) is 0.828. The first-order chi connectivity index (χ1) is 15.7. The van der Waals surface area contributed by atoms with E-state index < -0.39 is 0 Å². The molecule has 158 valence electrons. The Kier molecular flexibility index (Phi) is 5.17. The minimum Gasteiger partial charge on any atom is -0.326 e. The monoisotopic (exact) mass is 423 g/mol. The fourth-order valence-corrected chi connectivity index (χ4v) is 3.77. The molecule has 8 heteroatoms. The third-order valence-electron chi connectivity index (χ3n) is 5.24. The summed E-state index contributed by atoms with van der Waals surface area (Å²) in [5, 5.41) is 14.5. The van der Waals surface area contributed by atoms with Crippen LogP contribution in [0.3, 0.4) is 0 Å². The first kappa shape index (κ1) is 19.6. The molecule has 0 aliphatic rings. The van der Waals surface area contributed by atoms with Gasteiger partial charge in [-0.2, -0.15) is 0 Å². The Hall–Kier alpha value is -4.33. The van der Waals surface area contributed by atoms with Gasteiger partial charge in [0.25, 0.3) is 0 Å². The van der Waals surface area contributed by atoms with Crippen LogP contribution in [0.25, 0.3) is 28.1 Å². The highest BCUT2D eigenvalue weighted by Crippen LogP contribution is 2.23. The van der Waals surface area contributed by atoms with Crippen LogP contribution in [0.2, 0.25) is 0 Å². The molecule has 32 heavy (non-hydrogen) atoms. The summed E-state index contributed by atoms with van der Waals surface area (Å²) in [4.78, 5) is 17.5. The molecule has 1 N–H and O–H groups in total. The van der Waals surface area contributed by atoms with E-state index in [1.165, 1.54) is 0 Å². The third kappa shape index (κ3) is 3.85. The van der Waals surface area contributed by atoms with Crippen LogP contribution in [-0.2, 0) is 18.3 Å². The van der Waals surface area contributed by atoms with E-state index in [0.29, 0.717) is 24.4 Å². The van der Waals surface area contributed by atoms with E-state index in [9.17, 15) is 4.79 Å². The lowest BCUT2D eigenvalue weighted by atomic mass is 10.2. The van der Waals surface area contributed by atoms with Gasteiger partial charge in [-0.3, -0.25) is 9.36 Å². The summed E-state index contributed by atoms with van der Waals surface area (Å²) in [5.74, 6) is 1.41. The Bertz CT molecular complexity index is 1390. The van der Waals surface area contributed by atoms with Gasteiger partial charge in [0.2, 0.25) is 5.91 Å². The van der Waals surface area contributed by atoms with E-state index in [-0.39, 0.29) is 5.91 Å². The zero-order valence-electron chi connectivity index (χ0n) is 17.5. The first-order valence-corrected chi connectivity index (χ1v) is 10.3. The van der Waals surface area contributed by atoms with Crippen LogP contribution >= 0.6 is 0 Å². The molecule has 0 bridgehead atoms. The minimum absolute atomic E-state index is 0.0788. The number of amides is 1. The molecule has 5 aromatic rings. The Morgan fingerprint density at radius 2 is 1.78 bits per heavy atom. The van der Waals surface area contributed by atoms with Crippen molar-refractivity contribution >= 4 is 22.6 Å². The van der Waals surface area contributed by atoms with Gasteiger partial charge in [-0.25, -0.2) is 9.67 Å². The number of anilines is 1. The predicted molar refractivity (Wildman–Crippen MR) is 122 cm³/mol. The van der Waals surface area contributed by atoms with Gasteiger partial charge in [-0.1, -0.05) is 42.5 Å². The SMILES string of the molecule is Cn1nnnc1-c1cccc(NC(=O)CCc2nc3ccccc3n2-c2ccccc2)c1. The van der Waals surface area contributed by atoms with Gasteiger partial charge < -0.3 is 5.32 Å². The molecule has 3 aromatic carbocycles. The molecule has 0 atom stereocenters. The summed E-state index contributed by atoms with van der Waals surface area (Å²) in [5.41, 5.74) is 4.51. The van der Waals surface area contributed by atoms with E-state index in [4.69, 9.17) is 4.98 Å². The molecule has 0 saturated heterocycles. The van der Waals surface area contributed by atoms with Crippen molar-refractivity contribution in [2.75, 3.05) is 5.32 Å². The molecule has 0 spiro atoms. The molecule has 5 rings (SSSR count). The Balaban J connectivity index is 1.35. The Morgan fingerprint density at radius 1 is 0.969 bits per heavy atom. The van der Waals surface area contributed by atoms with E-state index >= 15 is 0 Å². The number of hydrogen-bond acceptors (Lipinski definition) is 5. The summed E-state index contributed by atoms with van der Waals surface area (Å²) < 4.78 is 3.71. The van der Waals surface area contributed by atoms with Crippen molar-refractivity contribution in [2.24, 2.45) is 7.05 Å². The number of carbonyl (C=O) groups is 1. The number of fused-ring (bicyclic) bond motifs is 1. The molecule has 0 saturated carbocycles. The van der Waals surface area contributed by atoms with Gasteiger partial charge in [-0.15, -0.1) is 5.10 Å². The first-order valence-electron chi connectivity index (χ1n) is 10.3. The highest BCUT2D eigenvalue weighted by Gasteiger charge is 2.14. The fraction of sp³-hybridized carbons (Fsp3) is 0.125. The van der Waals surface area contributed by atoms with Gasteiger partial charge in [0.1, 0.15) is 5.82 Å². The largest absolute Gasteiger partial charge is 0.326 e. The zero-order valence-corrected chi connectivity index (χ0v) is 17.5. The second-order valence-corrected chi connectivity index (χ2v) is 7.44. The maximum atomic E-state index is 12.7. The molecule has 1 amide bonds. The maximum absolute atomic E-state index is 12.7. The fourth-order valence-electron chi connectivity index (χ4n) is 3.77. The number of nitrogens with zero attached hydrogens (tertiary/aromatic N) is 6. The van der Waals surface area contributed by atoms with Gasteiger partial charge in [0.15, 0.2) is 5.82 Å². The number of para-hydroxylation sites is 3. The normalized spacial score (nSPS) is 11.0. The van der Waals surface area contributed by atoms with Crippen molar-refractivity contribution in [3.63, 3.8) is 0 Å². The average Bonchev–Trinajstić information content (AvgIpc) is 3.41. The molecule has 0 aliphatic carbocycles. The van der Waals surface area contributed by atoms with Gasteiger partial charge in [0, 0.05) is 36.8 Å². The van der Waals surface area contributed by atoms with Crippen LogP contribution in [0.1, 0.15) is 12.2 Å². The highest BCUT2D eigenvalue weighted by atomic mass is 16.1. The number of nitrogens with one attached hydrogen (secondary N) is 1. The summed E-state index contributed by atoms with van der Waals surface area (Å²) in [6, 6.07) is 25.6. The van der Waals surface area contributed by atoms with Crippen LogP contribution in [0.5, 0.6) is 0 Å². The van der Waals surface area contributed by atoms with Gasteiger partial charge in [-0.05, 0) is 46.8 Å². The second kappa shape index (κ2) is 8.43. The van der Waals surface area contributed by atoms with Crippen molar-refractivity contribution in [3.05, 3.63) is 84.7 Å². The topological polar surface area (TPSA) is 90.5 Å². The predicted octanol–water partition coefficient (Wildman–Crippen LogP) is 3.79. The molecular formula is C24H21N7O. The lowest BCUT2D eigenvalue weighted by molar-refractivity contribution is -0.116. The van der Waals surface area contributed by atoms with Crippen molar-refractivity contribution in [1.82, 2.24) is 29.8 Å². The standard InChI is InChI=1S/C24H21N7O/c1-30-24(27-28-29-30)17-8-7-9-18(16-17)25-23(32)15-14-22-26-20-12-5-6-13-21(20)31(22)19-10-3-2-4-11-19/h2-13,16H,14-15H2,1H3,(H,25,32). The number of hydrogen-bond donors (Lipinski definition) is 1. The quantitative estimate of drug-likeness (QED) is 0.449. The number of carbonyl (C=O) groups excluding carboxylic acids is 1. The lowest BCUT2D eigenvalue weighted by Crippen LogP contribution is -2.14. The molecule has 8 nitrogen and oxygen atoms in total. The summed E-state index contributed by atoms with van der Waals surface area (Å²) >= 11 is 0. The van der Waals surface area contributed by atoms with E-state index in [0.717, 1.165) is 28.1 Å². The van der Waals surface area contributed by atoms with Crippen LogP contribution in [0.15, 0.2) is 78.9 Å². The highest BCUT2D eigenvalue weighted by molar-refractivity contribution is 5.91. The number of imidazole rings is 1. The Morgan fingerprint density at radius 3 is 2.59 bits per heavy atom. The van der Waals surface area contributed by atoms with E-state index in [1.807, 2.05) is 78.9 Å². The molecule has 0 fully saturated rings. The molecule has 0 radical (unpaired) electrons. The van der Waals surface area contributed by atoms with Crippen molar-refractivity contribution < 1.29 is 4.79 Å². The van der Waals surface area contributed by atoms with Gasteiger partial charge >= 0.3 is 0 Å². The number of benzene rings is 3. The molecule has 0 aliphatic heterocycles. The lowest BCUT2D eigenvalue weighted by Gasteiger charge is -2.10. The van der Waals surface area contributed by atoms with Crippen LogP contribution < -0.4 is 5.32 Å². The van der Waals surface area contributed by atoms with E-state index in [2.05, 4.69) is 25.4 Å². The zero-order chi connectivity index (χ0) is 21.9. The number of aryl methyl sites for hydroxylation is 2. The van der Waals surface area contributed by atoms with E-state index in [1.54, 1.807) is 11.7 Å². The van der Waals surface area contributed by atoms with Crippen molar-refractivity contribution in [2.45, 2.75) is 12.8 Å². The smallest absolute Gasteiger partial charge is 0.224 e. The molecular weight excluding hydrogens is 402 g/mol. The maximum Gasteiger partial charge on any atom is 0.224 e. The molecule has 2 heterocycles. The minimum atomic E-state index is -0.0788. The number of tetrazole rings is 1. The van der Waals surface area contributed by atoms with Crippen LogP contribution in [-0.4, -0.2) is 35.7 Å². The van der Waals surface area contributed by atoms with Gasteiger partial charge in [0.05, 0.1) is 11.0 Å². The van der Waals surface area contributed by atoms with Crippen LogP contribution in [0, 0.1) is 0 Å². The third-order valence-corrected chi connectivity index (χ3v) is 5.24. The average molecular weight is 423 g/mol.